The zero-order chi connectivity index (χ0) is 14.5. The van der Waals surface area contributed by atoms with Crippen LogP contribution in [0.1, 0.15) is 5.56 Å². The van der Waals surface area contributed by atoms with E-state index in [1.807, 2.05) is 0 Å². The van der Waals surface area contributed by atoms with Crippen LogP contribution in [0.5, 0.6) is 11.5 Å². The summed E-state index contributed by atoms with van der Waals surface area (Å²) in [4.78, 5) is 10.4. The van der Waals surface area contributed by atoms with Crippen LogP contribution in [-0.2, 0) is 6.54 Å². The standard InChI is InChI=1S/C14H13FN2O3/c1-16-9-10-5-4-6-11(15)14(10)20-13-8-3-2-7-12(13)17(18)19/h2-8,16H,9H2,1H3. The third-order valence-electron chi connectivity index (χ3n) is 2.69. The van der Waals surface area contributed by atoms with E-state index in [1.165, 1.54) is 24.3 Å². The first kappa shape index (κ1) is 14.0. The monoisotopic (exact) mass is 276 g/mol. The van der Waals surface area contributed by atoms with E-state index in [-0.39, 0.29) is 17.2 Å². The van der Waals surface area contributed by atoms with Crippen molar-refractivity contribution in [3.63, 3.8) is 0 Å². The second kappa shape index (κ2) is 6.12. The van der Waals surface area contributed by atoms with Crippen LogP contribution >= 0.6 is 0 Å². The number of ether oxygens (including phenoxy) is 1. The fourth-order valence-corrected chi connectivity index (χ4v) is 1.80. The number of hydrogen-bond acceptors (Lipinski definition) is 4. The van der Waals surface area contributed by atoms with Crippen molar-refractivity contribution in [1.82, 2.24) is 5.32 Å². The van der Waals surface area contributed by atoms with Gasteiger partial charge in [0.15, 0.2) is 11.6 Å². The number of para-hydroxylation sites is 3. The van der Waals surface area contributed by atoms with Crippen molar-refractivity contribution in [2.45, 2.75) is 6.54 Å². The van der Waals surface area contributed by atoms with Crippen LogP contribution in [0, 0.1) is 15.9 Å². The molecule has 0 aliphatic carbocycles. The van der Waals surface area contributed by atoms with Gasteiger partial charge in [0.1, 0.15) is 0 Å². The predicted octanol–water partition coefficient (Wildman–Crippen LogP) is 3.25. The van der Waals surface area contributed by atoms with Gasteiger partial charge in [-0.3, -0.25) is 10.1 Å². The topological polar surface area (TPSA) is 64.4 Å². The van der Waals surface area contributed by atoms with Crippen molar-refractivity contribution in [2.75, 3.05) is 7.05 Å². The van der Waals surface area contributed by atoms with Gasteiger partial charge in [0, 0.05) is 18.2 Å². The average Bonchev–Trinajstić information content (AvgIpc) is 2.43. The van der Waals surface area contributed by atoms with Gasteiger partial charge in [-0.05, 0) is 19.2 Å². The number of benzene rings is 2. The molecule has 0 aromatic heterocycles. The van der Waals surface area contributed by atoms with Crippen LogP contribution in [0.25, 0.3) is 0 Å². The lowest BCUT2D eigenvalue weighted by Crippen LogP contribution is -2.07. The summed E-state index contributed by atoms with van der Waals surface area (Å²) in [5.74, 6) is -0.549. The van der Waals surface area contributed by atoms with Crippen molar-refractivity contribution in [2.24, 2.45) is 0 Å². The van der Waals surface area contributed by atoms with Gasteiger partial charge in [0.05, 0.1) is 4.92 Å². The fraction of sp³-hybridized carbons (Fsp3) is 0.143. The van der Waals surface area contributed by atoms with Crippen molar-refractivity contribution in [3.05, 3.63) is 64.0 Å². The third kappa shape index (κ3) is 2.92. The lowest BCUT2D eigenvalue weighted by atomic mass is 10.2. The van der Waals surface area contributed by atoms with Gasteiger partial charge >= 0.3 is 5.69 Å². The molecule has 2 aromatic rings. The maximum absolute atomic E-state index is 13.9. The summed E-state index contributed by atoms with van der Waals surface area (Å²) in [6.45, 7) is 0.397. The second-order valence-electron chi connectivity index (χ2n) is 4.09. The molecule has 1 N–H and O–H groups in total. The maximum Gasteiger partial charge on any atom is 0.311 e. The van der Waals surface area contributed by atoms with Crippen LogP contribution in [0.2, 0.25) is 0 Å². The van der Waals surface area contributed by atoms with E-state index in [2.05, 4.69) is 5.32 Å². The lowest BCUT2D eigenvalue weighted by molar-refractivity contribution is -0.385. The van der Waals surface area contributed by atoms with Gasteiger partial charge in [-0.2, -0.15) is 0 Å². The summed E-state index contributed by atoms with van der Waals surface area (Å²) < 4.78 is 19.3. The molecule has 0 saturated carbocycles. The SMILES string of the molecule is CNCc1cccc(F)c1Oc1ccccc1[N+](=O)[O-]. The Kier molecular flexibility index (Phi) is 4.27. The highest BCUT2D eigenvalue weighted by Gasteiger charge is 2.18. The minimum atomic E-state index is -0.562. The highest BCUT2D eigenvalue weighted by Crippen LogP contribution is 2.34. The smallest absolute Gasteiger partial charge is 0.311 e. The summed E-state index contributed by atoms with van der Waals surface area (Å²) in [6.07, 6.45) is 0. The van der Waals surface area contributed by atoms with Crippen LogP contribution < -0.4 is 10.1 Å². The van der Waals surface area contributed by atoms with E-state index in [4.69, 9.17) is 4.74 Å². The van der Waals surface area contributed by atoms with Crippen molar-refractivity contribution >= 4 is 5.69 Å². The van der Waals surface area contributed by atoms with Crippen LogP contribution in [0.3, 0.4) is 0 Å². The highest BCUT2D eigenvalue weighted by atomic mass is 19.1. The van der Waals surface area contributed by atoms with Gasteiger partial charge in [-0.15, -0.1) is 0 Å². The van der Waals surface area contributed by atoms with Gasteiger partial charge < -0.3 is 10.1 Å². The molecule has 6 heteroatoms. The van der Waals surface area contributed by atoms with Gasteiger partial charge in [-0.25, -0.2) is 4.39 Å². The van der Waals surface area contributed by atoms with Gasteiger partial charge in [0.25, 0.3) is 0 Å². The van der Waals surface area contributed by atoms with Gasteiger partial charge in [-0.1, -0.05) is 24.3 Å². The first-order valence-corrected chi connectivity index (χ1v) is 5.96. The third-order valence-corrected chi connectivity index (χ3v) is 2.69. The number of rotatable bonds is 5. The molecule has 0 amide bonds. The minimum Gasteiger partial charge on any atom is -0.447 e. The molecule has 0 aliphatic heterocycles. The van der Waals surface area contributed by atoms with Gasteiger partial charge in [0.2, 0.25) is 5.75 Å². The normalized spacial score (nSPS) is 10.3. The Labute approximate surface area is 115 Å². The molecular formula is C14H13FN2O3. The van der Waals surface area contributed by atoms with E-state index in [0.29, 0.717) is 12.1 Å². The molecule has 0 bridgehead atoms. The second-order valence-corrected chi connectivity index (χ2v) is 4.09. The zero-order valence-electron chi connectivity index (χ0n) is 10.8. The number of nitrogens with zero attached hydrogens (tertiary/aromatic N) is 1. The summed E-state index contributed by atoms with van der Waals surface area (Å²) in [7, 11) is 1.72. The molecule has 20 heavy (non-hydrogen) atoms. The van der Waals surface area contributed by atoms with Crippen LogP contribution in [-0.4, -0.2) is 12.0 Å². The van der Waals surface area contributed by atoms with Crippen LogP contribution in [0.15, 0.2) is 42.5 Å². The number of nitrogens with one attached hydrogen (secondary N) is 1. The van der Waals surface area contributed by atoms with E-state index in [1.54, 1.807) is 25.2 Å². The van der Waals surface area contributed by atoms with Crippen molar-refractivity contribution in [1.29, 1.82) is 0 Å². The van der Waals surface area contributed by atoms with E-state index < -0.39 is 10.7 Å². The Morgan fingerprint density at radius 1 is 1.25 bits per heavy atom. The molecule has 2 aromatic carbocycles. The highest BCUT2D eigenvalue weighted by molar-refractivity contribution is 5.49. The molecule has 104 valence electrons. The minimum absolute atomic E-state index is 0.00356. The lowest BCUT2D eigenvalue weighted by Gasteiger charge is -2.11. The molecule has 2 rings (SSSR count). The fourth-order valence-electron chi connectivity index (χ4n) is 1.80. The average molecular weight is 276 g/mol. The van der Waals surface area contributed by atoms with Crippen LogP contribution in [0.4, 0.5) is 10.1 Å². The molecular weight excluding hydrogens is 263 g/mol. The molecule has 0 aliphatic rings. The summed E-state index contributed by atoms with van der Waals surface area (Å²) >= 11 is 0. The number of hydrogen-bond donors (Lipinski definition) is 1. The number of halogens is 1. The summed E-state index contributed by atoms with van der Waals surface area (Å²) in [5, 5.41) is 13.8. The Bertz CT molecular complexity index is 632. The van der Waals surface area contributed by atoms with Crippen molar-refractivity contribution < 1.29 is 14.1 Å². The summed E-state index contributed by atoms with van der Waals surface area (Å²) in [6, 6.07) is 10.4. The van der Waals surface area contributed by atoms with Crippen molar-refractivity contribution in [3.8, 4) is 11.5 Å². The zero-order valence-corrected chi connectivity index (χ0v) is 10.8. The molecule has 0 spiro atoms. The molecule has 0 saturated heterocycles. The number of nitro benzene ring substituents is 1. The largest absolute Gasteiger partial charge is 0.447 e. The molecule has 5 nitrogen and oxygen atoms in total. The Balaban J connectivity index is 2.42. The Morgan fingerprint density at radius 2 is 2.00 bits per heavy atom. The maximum atomic E-state index is 13.9. The first-order chi connectivity index (χ1) is 9.63. The van der Waals surface area contributed by atoms with E-state index >= 15 is 0 Å². The first-order valence-electron chi connectivity index (χ1n) is 5.96. The summed E-state index contributed by atoms with van der Waals surface area (Å²) in [5.41, 5.74) is 0.386. The molecule has 0 fully saturated rings. The Morgan fingerprint density at radius 3 is 2.70 bits per heavy atom. The molecule has 0 radical (unpaired) electrons. The predicted molar refractivity (Wildman–Crippen MR) is 72.3 cm³/mol. The molecule has 0 atom stereocenters. The molecule has 0 unspecified atom stereocenters. The van der Waals surface area contributed by atoms with E-state index in [0.717, 1.165) is 0 Å². The molecule has 0 heterocycles. The Hall–Kier alpha value is -2.47. The number of nitro groups is 1. The quantitative estimate of drug-likeness (QED) is 0.672. The van der Waals surface area contributed by atoms with E-state index in [9.17, 15) is 14.5 Å².